The van der Waals surface area contributed by atoms with Gasteiger partial charge in [0.05, 0.1) is 30.4 Å². The molecule has 1 atom stereocenters. The van der Waals surface area contributed by atoms with Crippen LogP contribution in [-0.2, 0) is 4.74 Å². The number of piperazine rings is 1. The molecule has 0 aromatic heterocycles. The van der Waals surface area contributed by atoms with Gasteiger partial charge in [-0.3, -0.25) is 14.5 Å². The predicted octanol–water partition coefficient (Wildman–Crippen LogP) is 1.88. The molecule has 2 aromatic rings. The normalized spacial score (nSPS) is 23.0. The molecular formula is C23H24FN3O3. The van der Waals surface area contributed by atoms with E-state index >= 15 is 0 Å². The molecule has 0 unspecified atom stereocenters. The van der Waals surface area contributed by atoms with Crippen LogP contribution < -0.4 is 0 Å². The number of ether oxygens (including phenoxy) is 1. The summed E-state index contributed by atoms with van der Waals surface area (Å²) in [5, 5.41) is 0. The van der Waals surface area contributed by atoms with Gasteiger partial charge in [0.1, 0.15) is 5.82 Å². The summed E-state index contributed by atoms with van der Waals surface area (Å²) in [7, 11) is 0. The van der Waals surface area contributed by atoms with Crippen LogP contribution >= 0.6 is 0 Å². The summed E-state index contributed by atoms with van der Waals surface area (Å²) in [5.74, 6) is -0.803. The zero-order chi connectivity index (χ0) is 20.7. The van der Waals surface area contributed by atoms with Gasteiger partial charge in [-0.15, -0.1) is 0 Å². The van der Waals surface area contributed by atoms with E-state index < -0.39 is 5.82 Å². The average Bonchev–Trinajstić information content (AvgIpc) is 2.76. The van der Waals surface area contributed by atoms with Crippen LogP contribution in [0.4, 0.5) is 4.39 Å². The number of halogens is 1. The topological polar surface area (TPSA) is 53.1 Å². The van der Waals surface area contributed by atoms with E-state index in [4.69, 9.17) is 4.74 Å². The third kappa shape index (κ3) is 3.18. The molecule has 3 heterocycles. The monoisotopic (exact) mass is 409 g/mol. The van der Waals surface area contributed by atoms with Crippen molar-refractivity contribution in [1.29, 1.82) is 0 Å². The maximum atomic E-state index is 14.2. The number of morpholine rings is 1. The molecule has 5 rings (SSSR count). The highest BCUT2D eigenvalue weighted by Gasteiger charge is 2.56. The van der Waals surface area contributed by atoms with Gasteiger partial charge in [0.25, 0.3) is 11.8 Å². The van der Waals surface area contributed by atoms with E-state index in [9.17, 15) is 14.0 Å². The van der Waals surface area contributed by atoms with Crippen molar-refractivity contribution in [2.75, 3.05) is 45.9 Å². The number of hydrogen-bond acceptors (Lipinski definition) is 4. The molecule has 0 radical (unpaired) electrons. The molecule has 3 aliphatic rings. The molecule has 0 saturated carbocycles. The first kappa shape index (κ1) is 19.2. The maximum absolute atomic E-state index is 14.2. The van der Waals surface area contributed by atoms with Crippen molar-refractivity contribution in [1.82, 2.24) is 14.7 Å². The van der Waals surface area contributed by atoms with Gasteiger partial charge in [0.2, 0.25) is 0 Å². The first-order chi connectivity index (χ1) is 14.6. The third-order valence-corrected chi connectivity index (χ3v) is 6.42. The van der Waals surface area contributed by atoms with E-state index in [-0.39, 0.29) is 29.0 Å². The number of fused-ring (bicyclic) bond motifs is 2. The van der Waals surface area contributed by atoms with Crippen LogP contribution in [-0.4, -0.2) is 84.0 Å². The summed E-state index contributed by atoms with van der Waals surface area (Å²) in [5.41, 5.74) is 0.452. The van der Waals surface area contributed by atoms with E-state index in [0.29, 0.717) is 45.0 Å². The molecule has 3 saturated heterocycles. The summed E-state index contributed by atoms with van der Waals surface area (Å²) < 4.78 is 19.9. The van der Waals surface area contributed by atoms with Gasteiger partial charge < -0.3 is 14.5 Å². The Kier molecular flexibility index (Phi) is 4.79. The second-order valence-electron chi connectivity index (χ2n) is 8.34. The van der Waals surface area contributed by atoms with E-state index in [1.807, 2.05) is 35.2 Å². The molecule has 0 N–H and O–H groups in total. The third-order valence-electron chi connectivity index (χ3n) is 6.42. The van der Waals surface area contributed by atoms with Gasteiger partial charge in [-0.25, -0.2) is 4.39 Å². The zero-order valence-electron chi connectivity index (χ0n) is 16.7. The fraction of sp³-hybridized carbons (Fsp3) is 0.391. The molecule has 30 heavy (non-hydrogen) atoms. The van der Waals surface area contributed by atoms with Gasteiger partial charge in [-0.1, -0.05) is 30.3 Å². The summed E-state index contributed by atoms with van der Waals surface area (Å²) in [6, 6.07) is 15.4. The number of carbonyl (C=O) groups excluding carboxylic acids is 2. The van der Waals surface area contributed by atoms with Crippen molar-refractivity contribution < 1.29 is 18.7 Å². The Morgan fingerprint density at radius 2 is 1.63 bits per heavy atom. The number of hydrogen-bond donors (Lipinski definition) is 0. The fourth-order valence-electron chi connectivity index (χ4n) is 5.01. The standard InChI is InChI=1S/C23H24FN3O3/c24-20-9-5-4-8-19(20)22(29)25-12-18-13-30-11-10-27(18)23(14-25)15-26(16-23)21(28)17-6-2-1-3-7-17/h1-9,18H,10-16H2/t18-/m1/s1. The molecular weight excluding hydrogens is 385 g/mol. The molecule has 6 nitrogen and oxygen atoms in total. The highest BCUT2D eigenvalue weighted by molar-refractivity contribution is 5.96. The van der Waals surface area contributed by atoms with Crippen molar-refractivity contribution in [3.63, 3.8) is 0 Å². The smallest absolute Gasteiger partial charge is 0.256 e. The second-order valence-corrected chi connectivity index (χ2v) is 8.34. The lowest BCUT2D eigenvalue weighted by Crippen LogP contribution is -2.81. The Morgan fingerprint density at radius 3 is 2.40 bits per heavy atom. The molecule has 3 aliphatic heterocycles. The van der Waals surface area contributed by atoms with Crippen molar-refractivity contribution in [3.8, 4) is 0 Å². The summed E-state index contributed by atoms with van der Waals surface area (Å²) >= 11 is 0. The predicted molar refractivity (Wildman–Crippen MR) is 109 cm³/mol. The summed E-state index contributed by atoms with van der Waals surface area (Å²) in [6.45, 7) is 4.05. The maximum Gasteiger partial charge on any atom is 0.256 e. The first-order valence-corrected chi connectivity index (χ1v) is 10.3. The molecule has 3 fully saturated rings. The lowest BCUT2D eigenvalue weighted by molar-refractivity contribution is -0.148. The van der Waals surface area contributed by atoms with Gasteiger partial charge >= 0.3 is 0 Å². The van der Waals surface area contributed by atoms with Crippen molar-refractivity contribution in [3.05, 3.63) is 71.5 Å². The lowest BCUT2D eigenvalue weighted by Gasteiger charge is -2.63. The Morgan fingerprint density at radius 1 is 0.933 bits per heavy atom. The Hall–Kier alpha value is -2.77. The molecule has 2 aromatic carbocycles. The van der Waals surface area contributed by atoms with Crippen molar-refractivity contribution in [2.24, 2.45) is 0 Å². The van der Waals surface area contributed by atoms with Crippen LogP contribution in [0.15, 0.2) is 54.6 Å². The summed E-state index contributed by atoms with van der Waals surface area (Å²) in [6.07, 6.45) is 0. The van der Waals surface area contributed by atoms with Crippen molar-refractivity contribution >= 4 is 11.8 Å². The van der Waals surface area contributed by atoms with Crippen LogP contribution in [0.2, 0.25) is 0 Å². The number of amides is 2. The number of likely N-dealkylation sites (tertiary alicyclic amines) is 1. The molecule has 1 spiro atoms. The minimum absolute atomic E-state index is 0.00332. The quantitative estimate of drug-likeness (QED) is 0.760. The van der Waals surface area contributed by atoms with Crippen LogP contribution in [0.3, 0.4) is 0 Å². The number of rotatable bonds is 2. The lowest BCUT2D eigenvalue weighted by atomic mass is 9.82. The number of nitrogens with zero attached hydrogens (tertiary/aromatic N) is 3. The number of carbonyl (C=O) groups is 2. The van der Waals surface area contributed by atoms with Crippen LogP contribution in [0, 0.1) is 5.82 Å². The second kappa shape index (κ2) is 7.49. The molecule has 156 valence electrons. The van der Waals surface area contributed by atoms with Crippen molar-refractivity contribution in [2.45, 2.75) is 11.6 Å². The number of benzene rings is 2. The largest absolute Gasteiger partial charge is 0.378 e. The van der Waals surface area contributed by atoms with Gasteiger partial charge in [0, 0.05) is 38.3 Å². The first-order valence-electron chi connectivity index (χ1n) is 10.3. The van der Waals surface area contributed by atoms with Crippen LogP contribution in [0.1, 0.15) is 20.7 Å². The molecule has 7 heteroatoms. The van der Waals surface area contributed by atoms with Crippen LogP contribution in [0.25, 0.3) is 0 Å². The van der Waals surface area contributed by atoms with E-state index in [2.05, 4.69) is 4.90 Å². The Balaban J connectivity index is 1.38. The van der Waals surface area contributed by atoms with Crippen LogP contribution in [0.5, 0.6) is 0 Å². The minimum atomic E-state index is -0.506. The molecule has 2 amide bonds. The average molecular weight is 409 g/mol. The minimum Gasteiger partial charge on any atom is -0.378 e. The van der Waals surface area contributed by atoms with Gasteiger partial charge in [-0.2, -0.15) is 0 Å². The highest BCUT2D eigenvalue weighted by Crippen LogP contribution is 2.37. The molecule has 0 bridgehead atoms. The Bertz CT molecular complexity index is 961. The van der Waals surface area contributed by atoms with Gasteiger partial charge in [-0.05, 0) is 24.3 Å². The van der Waals surface area contributed by atoms with E-state index in [1.54, 1.807) is 17.0 Å². The van der Waals surface area contributed by atoms with Gasteiger partial charge in [0.15, 0.2) is 0 Å². The highest BCUT2D eigenvalue weighted by atomic mass is 19.1. The SMILES string of the molecule is O=C(c1ccccc1)N1CC2(C1)CN(C(=O)c1ccccc1F)C[C@@H]1COCCN12. The summed E-state index contributed by atoms with van der Waals surface area (Å²) in [4.78, 5) is 31.9. The zero-order valence-corrected chi connectivity index (χ0v) is 16.7. The van der Waals surface area contributed by atoms with E-state index in [0.717, 1.165) is 6.54 Å². The Labute approximate surface area is 174 Å². The molecule has 0 aliphatic carbocycles. The van der Waals surface area contributed by atoms with E-state index in [1.165, 1.54) is 12.1 Å². The fourth-order valence-corrected chi connectivity index (χ4v) is 5.01.